The van der Waals surface area contributed by atoms with Crippen molar-refractivity contribution in [3.8, 4) is 6.07 Å². The van der Waals surface area contributed by atoms with Gasteiger partial charge in [0.1, 0.15) is 5.41 Å². The molecule has 0 radical (unpaired) electrons. The minimum atomic E-state index is -0.602. The molecule has 1 aliphatic carbocycles. The Bertz CT molecular complexity index is 398. The van der Waals surface area contributed by atoms with Gasteiger partial charge < -0.3 is 0 Å². The van der Waals surface area contributed by atoms with Crippen molar-refractivity contribution in [3.63, 3.8) is 0 Å². The smallest absolute Gasteiger partial charge is 0.153 e. The van der Waals surface area contributed by atoms with Gasteiger partial charge in [-0.1, -0.05) is 30.3 Å². The Morgan fingerprint density at radius 2 is 2.00 bits per heavy atom. The Morgan fingerprint density at radius 1 is 1.33 bits per heavy atom. The van der Waals surface area contributed by atoms with Crippen molar-refractivity contribution in [1.82, 2.24) is 0 Å². The Kier molecular flexibility index (Phi) is 2.55. The van der Waals surface area contributed by atoms with E-state index in [0.29, 0.717) is 6.42 Å². The number of rotatable bonds is 4. The predicted molar refractivity (Wildman–Crippen MR) is 57.1 cm³/mol. The van der Waals surface area contributed by atoms with Crippen LogP contribution in [0.1, 0.15) is 24.8 Å². The first-order chi connectivity index (χ1) is 7.27. The second-order valence-corrected chi connectivity index (χ2v) is 4.10. The summed E-state index contributed by atoms with van der Waals surface area (Å²) in [4.78, 5) is 11.7. The number of benzene rings is 1. The molecule has 2 nitrogen and oxygen atoms in total. The molecule has 0 amide bonds. The van der Waals surface area contributed by atoms with Crippen LogP contribution in [0.4, 0.5) is 0 Å². The highest BCUT2D eigenvalue weighted by atomic mass is 16.1. The number of hydrogen-bond acceptors (Lipinski definition) is 2. The molecule has 0 bridgehead atoms. The minimum Gasteiger partial charge on any atom is -0.298 e. The predicted octanol–water partition coefficient (Wildman–Crippen LogP) is 2.49. The number of aryl methyl sites for hydroxylation is 1. The van der Waals surface area contributed by atoms with Gasteiger partial charge in [-0.2, -0.15) is 5.26 Å². The van der Waals surface area contributed by atoms with Gasteiger partial charge in [-0.05, 0) is 24.8 Å². The van der Waals surface area contributed by atoms with Gasteiger partial charge >= 0.3 is 0 Å². The maximum atomic E-state index is 11.7. The van der Waals surface area contributed by atoms with Crippen molar-refractivity contribution in [2.75, 3.05) is 0 Å². The average Bonchev–Trinajstić information content (AvgIpc) is 3.08. The van der Waals surface area contributed by atoms with E-state index in [0.717, 1.165) is 19.3 Å². The third kappa shape index (κ3) is 2.07. The average molecular weight is 199 g/mol. The van der Waals surface area contributed by atoms with Crippen LogP contribution >= 0.6 is 0 Å². The summed E-state index contributed by atoms with van der Waals surface area (Å²) >= 11 is 0. The standard InChI is InChI=1S/C13H13NO/c14-10-13(8-9-13)12(15)7-6-11-4-2-1-3-5-11/h1-5H,6-9H2. The molecule has 0 heterocycles. The largest absolute Gasteiger partial charge is 0.298 e. The van der Waals surface area contributed by atoms with Gasteiger partial charge in [-0.25, -0.2) is 0 Å². The fraction of sp³-hybridized carbons (Fsp3) is 0.385. The lowest BCUT2D eigenvalue weighted by molar-refractivity contribution is -0.122. The first-order valence-corrected chi connectivity index (χ1v) is 5.25. The second-order valence-electron chi connectivity index (χ2n) is 4.10. The van der Waals surface area contributed by atoms with Crippen LogP contribution in [0.15, 0.2) is 30.3 Å². The Morgan fingerprint density at radius 3 is 2.53 bits per heavy atom. The zero-order chi connectivity index (χ0) is 10.7. The zero-order valence-electron chi connectivity index (χ0n) is 8.57. The van der Waals surface area contributed by atoms with Crippen molar-refractivity contribution in [2.45, 2.75) is 25.7 Å². The van der Waals surface area contributed by atoms with Crippen LogP contribution < -0.4 is 0 Å². The van der Waals surface area contributed by atoms with Crippen molar-refractivity contribution >= 4 is 5.78 Å². The van der Waals surface area contributed by atoms with E-state index in [9.17, 15) is 4.79 Å². The zero-order valence-corrected chi connectivity index (χ0v) is 8.57. The molecule has 1 fully saturated rings. The van der Waals surface area contributed by atoms with Crippen molar-refractivity contribution in [1.29, 1.82) is 5.26 Å². The summed E-state index contributed by atoms with van der Waals surface area (Å²) in [5, 5.41) is 8.85. The third-order valence-electron chi connectivity index (χ3n) is 2.98. The van der Waals surface area contributed by atoms with Crippen LogP contribution in [0.5, 0.6) is 0 Å². The number of Topliss-reactive ketones (excluding diaryl/α,β-unsaturated/α-hetero) is 1. The molecule has 2 rings (SSSR count). The Balaban J connectivity index is 1.90. The van der Waals surface area contributed by atoms with E-state index in [4.69, 9.17) is 5.26 Å². The number of hydrogen-bond donors (Lipinski definition) is 0. The molecule has 0 aliphatic heterocycles. The molecule has 0 unspecified atom stereocenters. The molecule has 0 saturated heterocycles. The van der Waals surface area contributed by atoms with E-state index in [-0.39, 0.29) is 5.78 Å². The lowest BCUT2D eigenvalue weighted by Gasteiger charge is -2.04. The number of carbonyl (C=O) groups excluding carboxylic acids is 1. The number of nitriles is 1. The normalized spacial score (nSPS) is 16.7. The molecular formula is C13H13NO. The van der Waals surface area contributed by atoms with Crippen molar-refractivity contribution in [2.24, 2.45) is 5.41 Å². The maximum absolute atomic E-state index is 11.7. The molecule has 0 aromatic heterocycles. The van der Waals surface area contributed by atoms with Gasteiger partial charge in [0.25, 0.3) is 0 Å². The molecule has 15 heavy (non-hydrogen) atoms. The van der Waals surface area contributed by atoms with E-state index in [1.807, 2.05) is 30.3 Å². The number of ketones is 1. The van der Waals surface area contributed by atoms with Crippen molar-refractivity contribution < 1.29 is 4.79 Å². The number of carbonyl (C=O) groups is 1. The highest BCUT2D eigenvalue weighted by Crippen LogP contribution is 2.46. The van der Waals surface area contributed by atoms with Gasteiger partial charge in [0, 0.05) is 6.42 Å². The van der Waals surface area contributed by atoms with E-state index in [2.05, 4.69) is 6.07 Å². The summed E-state index contributed by atoms with van der Waals surface area (Å²) in [6.45, 7) is 0. The number of nitrogens with zero attached hydrogens (tertiary/aromatic N) is 1. The van der Waals surface area contributed by atoms with Gasteiger partial charge in [0.2, 0.25) is 0 Å². The van der Waals surface area contributed by atoms with E-state index in [1.165, 1.54) is 5.56 Å². The molecule has 0 N–H and O–H groups in total. The molecule has 1 aliphatic rings. The Labute approximate surface area is 89.5 Å². The van der Waals surface area contributed by atoms with E-state index in [1.54, 1.807) is 0 Å². The monoisotopic (exact) mass is 199 g/mol. The van der Waals surface area contributed by atoms with Crippen LogP contribution in [-0.4, -0.2) is 5.78 Å². The summed E-state index contributed by atoms with van der Waals surface area (Å²) in [6.07, 6.45) is 2.77. The fourth-order valence-electron chi connectivity index (χ4n) is 1.72. The summed E-state index contributed by atoms with van der Waals surface area (Å²) < 4.78 is 0. The summed E-state index contributed by atoms with van der Waals surface area (Å²) in [5.41, 5.74) is 0.564. The Hall–Kier alpha value is -1.62. The summed E-state index contributed by atoms with van der Waals surface area (Å²) in [5.74, 6) is 0.119. The lowest BCUT2D eigenvalue weighted by Crippen LogP contribution is -2.14. The lowest BCUT2D eigenvalue weighted by atomic mass is 9.97. The molecule has 76 valence electrons. The first-order valence-electron chi connectivity index (χ1n) is 5.25. The fourth-order valence-corrected chi connectivity index (χ4v) is 1.72. The van der Waals surface area contributed by atoms with Gasteiger partial charge in [-0.3, -0.25) is 4.79 Å². The van der Waals surface area contributed by atoms with Gasteiger partial charge in [-0.15, -0.1) is 0 Å². The maximum Gasteiger partial charge on any atom is 0.153 e. The summed E-state index contributed by atoms with van der Waals surface area (Å²) in [7, 11) is 0. The van der Waals surface area contributed by atoms with Crippen LogP contribution in [-0.2, 0) is 11.2 Å². The van der Waals surface area contributed by atoms with E-state index < -0.39 is 5.41 Å². The highest BCUT2D eigenvalue weighted by Gasteiger charge is 2.49. The molecule has 1 saturated carbocycles. The molecular weight excluding hydrogens is 186 g/mol. The first kappa shape index (κ1) is 9.92. The molecule has 1 aromatic rings. The van der Waals surface area contributed by atoms with E-state index >= 15 is 0 Å². The van der Waals surface area contributed by atoms with Crippen molar-refractivity contribution in [3.05, 3.63) is 35.9 Å². The molecule has 1 aromatic carbocycles. The molecule has 0 spiro atoms. The molecule has 0 atom stereocenters. The summed E-state index contributed by atoms with van der Waals surface area (Å²) in [6, 6.07) is 12.1. The highest BCUT2D eigenvalue weighted by molar-refractivity contribution is 5.90. The van der Waals surface area contributed by atoms with Gasteiger partial charge in [0.15, 0.2) is 5.78 Å². The van der Waals surface area contributed by atoms with Crippen LogP contribution in [0.2, 0.25) is 0 Å². The van der Waals surface area contributed by atoms with Gasteiger partial charge in [0.05, 0.1) is 6.07 Å². The van der Waals surface area contributed by atoms with Crippen LogP contribution in [0.3, 0.4) is 0 Å². The molecule has 2 heteroatoms. The third-order valence-corrected chi connectivity index (χ3v) is 2.98. The second kappa shape index (κ2) is 3.86. The topological polar surface area (TPSA) is 40.9 Å². The minimum absolute atomic E-state index is 0.119. The SMILES string of the molecule is N#CC1(C(=O)CCc2ccccc2)CC1. The van der Waals surface area contributed by atoms with Crippen LogP contribution in [0, 0.1) is 16.7 Å². The van der Waals surface area contributed by atoms with Crippen LogP contribution in [0.25, 0.3) is 0 Å². The quantitative estimate of drug-likeness (QED) is 0.747.